The third-order valence-corrected chi connectivity index (χ3v) is 6.04. The number of aldehydes is 1. The summed E-state index contributed by atoms with van der Waals surface area (Å²) in [5.74, 6) is -0.708. The van der Waals surface area contributed by atoms with Gasteiger partial charge in [0.15, 0.2) is 5.69 Å². The molecule has 0 spiro atoms. The summed E-state index contributed by atoms with van der Waals surface area (Å²) >= 11 is 0. The molecule has 1 atom stereocenters. The maximum Gasteiger partial charge on any atom is 0.275 e. The first-order chi connectivity index (χ1) is 15.5. The number of nitrogens with zero attached hydrogens (tertiary/aromatic N) is 4. The maximum atomic E-state index is 13.3. The number of carbonyl (C=O) groups excluding carboxylic acids is 2. The van der Waals surface area contributed by atoms with Crippen molar-refractivity contribution in [2.75, 3.05) is 32.7 Å². The Morgan fingerprint density at radius 2 is 1.75 bits per heavy atom. The van der Waals surface area contributed by atoms with Crippen LogP contribution in [0.15, 0.2) is 54.7 Å². The third-order valence-electron chi connectivity index (χ3n) is 6.04. The largest absolute Gasteiger partial charge is 0.335 e. The lowest BCUT2D eigenvalue weighted by Gasteiger charge is -2.35. The van der Waals surface area contributed by atoms with E-state index in [0.717, 1.165) is 28.5 Å². The van der Waals surface area contributed by atoms with E-state index in [4.69, 9.17) is 0 Å². The van der Waals surface area contributed by atoms with Crippen LogP contribution in [0.2, 0.25) is 0 Å². The van der Waals surface area contributed by atoms with Crippen LogP contribution < -0.4 is 0 Å². The van der Waals surface area contributed by atoms with Crippen molar-refractivity contribution in [2.24, 2.45) is 7.05 Å². The van der Waals surface area contributed by atoms with Gasteiger partial charge >= 0.3 is 0 Å². The molecule has 7 heteroatoms. The van der Waals surface area contributed by atoms with E-state index in [9.17, 15) is 14.0 Å². The Morgan fingerprint density at radius 3 is 2.41 bits per heavy atom. The first kappa shape index (κ1) is 21.9. The van der Waals surface area contributed by atoms with E-state index in [1.807, 2.05) is 49.3 Å². The number of aromatic nitrogens is 2. The molecule has 1 aliphatic heterocycles. The van der Waals surface area contributed by atoms with Gasteiger partial charge in [-0.3, -0.25) is 14.4 Å². The van der Waals surface area contributed by atoms with Crippen molar-refractivity contribution in [1.82, 2.24) is 19.6 Å². The Bertz CT molecular complexity index is 1100. The molecule has 1 unspecified atom stereocenters. The average molecular weight is 435 g/mol. The van der Waals surface area contributed by atoms with Gasteiger partial charge in [-0.25, -0.2) is 4.39 Å². The second kappa shape index (κ2) is 9.44. The molecule has 1 saturated heterocycles. The fourth-order valence-electron chi connectivity index (χ4n) is 4.22. The molecule has 2 heterocycles. The molecule has 2 aromatic carbocycles. The summed E-state index contributed by atoms with van der Waals surface area (Å²) < 4.78 is 14.9. The molecule has 3 aromatic rings. The smallest absolute Gasteiger partial charge is 0.275 e. The number of halogens is 1. The number of amides is 1. The standard InChI is InChI=1S/C25H27FN4O2/c1-18-5-3-4-6-22(18)23-16-28(2)27-24(23)25(32)30-13-11-29(12-14-30)15-20(17-31)19-7-9-21(26)10-8-19/h3-10,16-17,20H,11-15H2,1-2H3. The van der Waals surface area contributed by atoms with Crippen LogP contribution in [-0.4, -0.2) is 64.5 Å². The Labute approximate surface area is 187 Å². The number of rotatable bonds is 6. The molecule has 1 aromatic heterocycles. The molecule has 6 nitrogen and oxygen atoms in total. The van der Waals surface area contributed by atoms with Crippen LogP contribution in [0, 0.1) is 12.7 Å². The van der Waals surface area contributed by atoms with Crippen molar-refractivity contribution in [3.63, 3.8) is 0 Å². The van der Waals surface area contributed by atoms with Crippen LogP contribution in [0.5, 0.6) is 0 Å². The van der Waals surface area contributed by atoms with Crippen LogP contribution in [-0.2, 0) is 11.8 Å². The summed E-state index contributed by atoms with van der Waals surface area (Å²) in [6, 6.07) is 14.0. The molecule has 0 aliphatic carbocycles. The Balaban J connectivity index is 1.43. The lowest BCUT2D eigenvalue weighted by Crippen LogP contribution is -2.49. The molecule has 32 heavy (non-hydrogen) atoms. The fourth-order valence-corrected chi connectivity index (χ4v) is 4.22. The second-order valence-electron chi connectivity index (χ2n) is 8.27. The number of carbonyl (C=O) groups is 2. The zero-order chi connectivity index (χ0) is 22.7. The molecule has 0 saturated carbocycles. The molecule has 1 aliphatic rings. The molecular weight excluding hydrogens is 407 g/mol. The SMILES string of the molecule is Cc1ccccc1-c1cn(C)nc1C(=O)N1CCN(CC(C=O)c2ccc(F)cc2)CC1. The topological polar surface area (TPSA) is 58.4 Å². The molecule has 166 valence electrons. The van der Waals surface area contributed by atoms with E-state index >= 15 is 0 Å². The maximum absolute atomic E-state index is 13.3. The van der Waals surface area contributed by atoms with E-state index < -0.39 is 0 Å². The van der Waals surface area contributed by atoms with Crippen molar-refractivity contribution in [3.8, 4) is 11.1 Å². The van der Waals surface area contributed by atoms with Gasteiger partial charge in [0.05, 0.1) is 5.92 Å². The minimum Gasteiger partial charge on any atom is -0.335 e. The van der Waals surface area contributed by atoms with Gasteiger partial charge in [-0.05, 0) is 35.7 Å². The van der Waals surface area contributed by atoms with Crippen LogP contribution >= 0.6 is 0 Å². The average Bonchev–Trinajstić information content (AvgIpc) is 3.19. The summed E-state index contributed by atoms with van der Waals surface area (Å²) in [5.41, 5.74) is 4.22. The monoisotopic (exact) mass is 434 g/mol. The van der Waals surface area contributed by atoms with Gasteiger partial charge in [-0.15, -0.1) is 0 Å². The van der Waals surface area contributed by atoms with Gasteiger partial charge in [-0.1, -0.05) is 36.4 Å². The first-order valence-corrected chi connectivity index (χ1v) is 10.8. The van der Waals surface area contributed by atoms with Crippen molar-refractivity contribution in [2.45, 2.75) is 12.8 Å². The van der Waals surface area contributed by atoms with Gasteiger partial charge in [0, 0.05) is 51.5 Å². The zero-order valence-electron chi connectivity index (χ0n) is 18.4. The predicted octanol–water partition coefficient (Wildman–Crippen LogP) is 3.28. The highest BCUT2D eigenvalue weighted by Gasteiger charge is 2.28. The Morgan fingerprint density at radius 1 is 1.06 bits per heavy atom. The summed E-state index contributed by atoms with van der Waals surface area (Å²) in [5, 5.41) is 4.47. The third kappa shape index (κ3) is 4.62. The molecular formula is C25H27FN4O2. The lowest BCUT2D eigenvalue weighted by atomic mass is 9.99. The van der Waals surface area contributed by atoms with Gasteiger partial charge < -0.3 is 9.69 Å². The fraction of sp³-hybridized carbons (Fsp3) is 0.320. The summed E-state index contributed by atoms with van der Waals surface area (Å²) in [7, 11) is 1.82. The molecule has 0 bridgehead atoms. The van der Waals surface area contributed by atoms with E-state index in [-0.39, 0.29) is 17.6 Å². The number of hydrogen-bond acceptors (Lipinski definition) is 4. The number of aryl methyl sites for hydroxylation is 2. The van der Waals surface area contributed by atoms with Gasteiger partial charge in [-0.2, -0.15) is 5.10 Å². The van der Waals surface area contributed by atoms with Crippen molar-refractivity contribution in [1.29, 1.82) is 0 Å². The number of hydrogen-bond donors (Lipinski definition) is 0. The van der Waals surface area contributed by atoms with Crippen molar-refractivity contribution >= 4 is 12.2 Å². The first-order valence-electron chi connectivity index (χ1n) is 10.8. The Hall–Kier alpha value is -3.32. The lowest BCUT2D eigenvalue weighted by molar-refractivity contribution is -0.109. The minimum absolute atomic E-state index is 0.0750. The molecule has 4 rings (SSSR count). The molecule has 0 N–H and O–H groups in total. The van der Waals surface area contributed by atoms with E-state index in [2.05, 4.69) is 10.00 Å². The number of piperazine rings is 1. The van der Waals surface area contributed by atoms with E-state index in [1.54, 1.807) is 16.8 Å². The Kier molecular flexibility index (Phi) is 6.46. The van der Waals surface area contributed by atoms with Crippen LogP contribution in [0.25, 0.3) is 11.1 Å². The minimum atomic E-state index is -0.318. The van der Waals surface area contributed by atoms with Crippen molar-refractivity contribution in [3.05, 3.63) is 77.4 Å². The predicted molar refractivity (Wildman–Crippen MR) is 121 cm³/mol. The van der Waals surface area contributed by atoms with E-state index in [0.29, 0.717) is 38.4 Å². The normalized spacial score (nSPS) is 15.5. The summed E-state index contributed by atoms with van der Waals surface area (Å²) in [4.78, 5) is 28.9. The summed E-state index contributed by atoms with van der Waals surface area (Å²) in [6.45, 7) is 5.05. The van der Waals surface area contributed by atoms with Crippen LogP contribution in [0.3, 0.4) is 0 Å². The van der Waals surface area contributed by atoms with Gasteiger partial charge in [0.1, 0.15) is 12.1 Å². The van der Waals surface area contributed by atoms with Crippen molar-refractivity contribution < 1.29 is 14.0 Å². The van der Waals surface area contributed by atoms with Gasteiger partial charge in [0.25, 0.3) is 5.91 Å². The highest BCUT2D eigenvalue weighted by molar-refractivity contribution is 5.99. The quantitative estimate of drug-likeness (QED) is 0.559. The summed E-state index contributed by atoms with van der Waals surface area (Å²) in [6.07, 6.45) is 2.80. The highest BCUT2D eigenvalue weighted by Crippen LogP contribution is 2.27. The van der Waals surface area contributed by atoms with Gasteiger partial charge in [0.2, 0.25) is 0 Å². The molecule has 1 amide bonds. The molecule has 1 fully saturated rings. The number of benzene rings is 2. The molecule has 0 radical (unpaired) electrons. The van der Waals surface area contributed by atoms with Crippen LogP contribution in [0.1, 0.15) is 27.5 Å². The zero-order valence-corrected chi connectivity index (χ0v) is 18.4. The second-order valence-corrected chi connectivity index (χ2v) is 8.27. The highest BCUT2D eigenvalue weighted by atomic mass is 19.1. The van der Waals surface area contributed by atoms with E-state index in [1.165, 1.54) is 12.1 Å². The van der Waals surface area contributed by atoms with Crippen LogP contribution in [0.4, 0.5) is 4.39 Å².